The zero-order chi connectivity index (χ0) is 15.2. The van der Waals surface area contributed by atoms with Crippen LogP contribution in [0.5, 0.6) is 5.75 Å². The van der Waals surface area contributed by atoms with Gasteiger partial charge in [-0.15, -0.1) is 0 Å². The fourth-order valence-corrected chi connectivity index (χ4v) is 1.99. The Morgan fingerprint density at radius 3 is 2.60 bits per heavy atom. The van der Waals surface area contributed by atoms with Crippen molar-refractivity contribution < 1.29 is 19.4 Å². The van der Waals surface area contributed by atoms with Gasteiger partial charge in [-0.1, -0.05) is 12.1 Å². The van der Waals surface area contributed by atoms with Gasteiger partial charge in [0.1, 0.15) is 12.4 Å². The fraction of sp³-hybridized carbons (Fsp3) is 0.467. The van der Waals surface area contributed by atoms with Gasteiger partial charge < -0.3 is 15.2 Å². The minimum absolute atomic E-state index is 0.126. The van der Waals surface area contributed by atoms with Crippen molar-refractivity contribution in [3.8, 4) is 5.75 Å². The van der Waals surface area contributed by atoms with Crippen LogP contribution in [0, 0.1) is 0 Å². The number of carbonyl (C=O) groups excluding carboxylic acids is 2. The first-order valence-electron chi connectivity index (χ1n) is 6.51. The van der Waals surface area contributed by atoms with E-state index in [-0.39, 0.29) is 24.2 Å². The summed E-state index contributed by atoms with van der Waals surface area (Å²) in [4.78, 5) is 22.2. The Labute approximate surface area is 118 Å². The molecule has 5 heteroatoms. The maximum Gasteiger partial charge on any atom is 0.302 e. The van der Waals surface area contributed by atoms with Crippen LogP contribution >= 0.6 is 0 Å². The van der Waals surface area contributed by atoms with Crippen LogP contribution in [0.15, 0.2) is 24.3 Å². The van der Waals surface area contributed by atoms with Crippen molar-refractivity contribution in [2.24, 2.45) is 0 Å². The summed E-state index contributed by atoms with van der Waals surface area (Å²) in [5.41, 5.74) is 0.340. The van der Waals surface area contributed by atoms with E-state index in [1.807, 2.05) is 13.0 Å². The third-order valence-electron chi connectivity index (χ3n) is 2.95. The van der Waals surface area contributed by atoms with Gasteiger partial charge in [0.2, 0.25) is 5.91 Å². The molecule has 1 atom stereocenters. The molecule has 1 unspecified atom stereocenters. The first-order valence-corrected chi connectivity index (χ1v) is 6.51. The van der Waals surface area contributed by atoms with Gasteiger partial charge in [0.15, 0.2) is 0 Å². The van der Waals surface area contributed by atoms with E-state index in [9.17, 15) is 14.7 Å². The van der Waals surface area contributed by atoms with E-state index in [0.29, 0.717) is 12.8 Å². The molecule has 1 amide bonds. The molecule has 0 bridgehead atoms. The number of aryl methyl sites for hydroxylation is 1. The van der Waals surface area contributed by atoms with E-state index in [0.717, 1.165) is 5.56 Å². The Morgan fingerprint density at radius 2 is 2.05 bits per heavy atom. The molecule has 0 spiro atoms. The SMILES string of the molecule is CC(=O)NC(C)(CCc1cccc(O)c1)COC(C)=O. The Balaban J connectivity index is 2.68. The highest BCUT2D eigenvalue weighted by Crippen LogP contribution is 2.18. The molecule has 0 aliphatic heterocycles. The van der Waals surface area contributed by atoms with Crippen molar-refractivity contribution in [1.82, 2.24) is 5.32 Å². The Hall–Kier alpha value is -2.04. The van der Waals surface area contributed by atoms with Crippen LogP contribution in [0.3, 0.4) is 0 Å². The summed E-state index contributed by atoms with van der Waals surface area (Å²) < 4.78 is 5.02. The Kier molecular flexibility index (Phi) is 5.55. The van der Waals surface area contributed by atoms with Crippen molar-refractivity contribution in [1.29, 1.82) is 0 Å². The summed E-state index contributed by atoms with van der Waals surface area (Å²) in [6.07, 6.45) is 1.26. The van der Waals surface area contributed by atoms with Gasteiger partial charge >= 0.3 is 5.97 Å². The summed E-state index contributed by atoms with van der Waals surface area (Å²) in [7, 11) is 0. The van der Waals surface area contributed by atoms with Crippen LogP contribution in [0.4, 0.5) is 0 Å². The van der Waals surface area contributed by atoms with E-state index >= 15 is 0 Å². The Bertz CT molecular complexity index is 487. The van der Waals surface area contributed by atoms with E-state index in [4.69, 9.17) is 4.74 Å². The molecule has 20 heavy (non-hydrogen) atoms. The molecule has 0 aromatic heterocycles. The second kappa shape index (κ2) is 6.93. The Morgan fingerprint density at radius 1 is 1.35 bits per heavy atom. The minimum atomic E-state index is -0.622. The molecular weight excluding hydrogens is 258 g/mol. The molecule has 0 aliphatic carbocycles. The maximum atomic E-state index is 11.3. The summed E-state index contributed by atoms with van der Waals surface area (Å²) >= 11 is 0. The average Bonchev–Trinajstić information content (AvgIpc) is 2.34. The van der Waals surface area contributed by atoms with Crippen molar-refractivity contribution >= 4 is 11.9 Å². The van der Waals surface area contributed by atoms with Gasteiger partial charge in [0.05, 0.1) is 5.54 Å². The normalized spacial score (nSPS) is 13.3. The van der Waals surface area contributed by atoms with Crippen molar-refractivity contribution in [2.45, 2.75) is 39.2 Å². The smallest absolute Gasteiger partial charge is 0.302 e. The van der Waals surface area contributed by atoms with Gasteiger partial charge in [-0.25, -0.2) is 0 Å². The van der Waals surface area contributed by atoms with Crippen LogP contribution in [0.1, 0.15) is 32.8 Å². The number of aromatic hydroxyl groups is 1. The van der Waals surface area contributed by atoms with Crippen LogP contribution in [-0.4, -0.2) is 29.1 Å². The van der Waals surface area contributed by atoms with Crippen molar-refractivity contribution in [3.63, 3.8) is 0 Å². The number of esters is 1. The number of phenolic OH excluding ortho intramolecular Hbond substituents is 1. The zero-order valence-electron chi connectivity index (χ0n) is 12.1. The number of phenols is 1. The number of ether oxygens (including phenoxy) is 1. The molecule has 0 saturated carbocycles. The lowest BCUT2D eigenvalue weighted by molar-refractivity contribution is -0.144. The number of amides is 1. The monoisotopic (exact) mass is 279 g/mol. The predicted octanol–water partition coefficient (Wildman–Crippen LogP) is 1.78. The quantitative estimate of drug-likeness (QED) is 0.778. The molecule has 5 nitrogen and oxygen atoms in total. The number of hydrogen-bond donors (Lipinski definition) is 2. The highest BCUT2D eigenvalue weighted by molar-refractivity contribution is 5.74. The van der Waals surface area contributed by atoms with Crippen molar-refractivity contribution in [2.75, 3.05) is 6.61 Å². The van der Waals surface area contributed by atoms with E-state index in [1.165, 1.54) is 13.8 Å². The van der Waals surface area contributed by atoms with E-state index < -0.39 is 5.54 Å². The maximum absolute atomic E-state index is 11.3. The predicted molar refractivity (Wildman–Crippen MR) is 75.3 cm³/mol. The summed E-state index contributed by atoms with van der Waals surface area (Å²) in [6, 6.07) is 6.96. The lowest BCUT2D eigenvalue weighted by atomic mass is 9.93. The van der Waals surface area contributed by atoms with Crippen molar-refractivity contribution in [3.05, 3.63) is 29.8 Å². The molecule has 110 valence electrons. The van der Waals surface area contributed by atoms with Gasteiger partial charge in [0.25, 0.3) is 0 Å². The molecule has 0 saturated heterocycles. The molecule has 0 fully saturated rings. The molecule has 1 aromatic rings. The van der Waals surface area contributed by atoms with Gasteiger partial charge in [-0.3, -0.25) is 9.59 Å². The molecule has 0 heterocycles. The third-order valence-corrected chi connectivity index (χ3v) is 2.95. The summed E-state index contributed by atoms with van der Waals surface area (Å²) in [5, 5.41) is 12.2. The van der Waals surface area contributed by atoms with Crippen LogP contribution < -0.4 is 5.32 Å². The minimum Gasteiger partial charge on any atom is -0.508 e. The highest BCUT2D eigenvalue weighted by Gasteiger charge is 2.26. The number of hydrogen-bond acceptors (Lipinski definition) is 4. The molecule has 1 rings (SSSR count). The topological polar surface area (TPSA) is 75.6 Å². The first-order chi connectivity index (χ1) is 9.31. The number of nitrogens with one attached hydrogen (secondary N) is 1. The standard InChI is InChI=1S/C15H21NO4/c1-11(17)16-15(3,10-20-12(2)18)8-7-13-5-4-6-14(19)9-13/h4-6,9,19H,7-8,10H2,1-3H3,(H,16,17). The van der Waals surface area contributed by atoms with Crippen LogP contribution in [-0.2, 0) is 20.7 Å². The number of benzene rings is 1. The second-order valence-electron chi connectivity index (χ2n) is 5.19. The van der Waals surface area contributed by atoms with Gasteiger partial charge in [-0.05, 0) is 37.5 Å². The van der Waals surface area contributed by atoms with E-state index in [2.05, 4.69) is 5.32 Å². The summed E-state index contributed by atoms with van der Waals surface area (Å²) in [6.45, 7) is 4.73. The van der Waals surface area contributed by atoms with Gasteiger partial charge in [0, 0.05) is 13.8 Å². The zero-order valence-corrected chi connectivity index (χ0v) is 12.1. The third kappa shape index (κ3) is 5.73. The average molecular weight is 279 g/mol. The lowest BCUT2D eigenvalue weighted by Crippen LogP contribution is -2.49. The van der Waals surface area contributed by atoms with Crippen LogP contribution in [0.2, 0.25) is 0 Å². The first kappa shape index (κ1) is 16.0. The molecular formula is C15H21NO4. The largest absolute Gasteiger partial charge is 0.508 e. The molecule has 2 N–H and O–H groups in total. The second-order valence-corrected chi connectivity index (χ2v) is 5.19. The number of carbonyl (C=O) groups is 2. The molecule has 0 aliphatic rings. The van der Waals surface area contributed by atoms with Crippen LogP contribution in [0.25, 0.3) is 0 Å². The van der Waals surface area contributed by atoms with Gasteiger partial charge in [-0.2, -0.15) is 0 Å². The molecule has 0 radical (unpaired) electrons. The molecule has 1 aromatic carbocycles. The highest BCUT2D eigenvalue weighted by atomic mass is 16.5. The summed E-state index contributed by atoms with van der Waals surface area (Å²) in [5.74, 6) is -0.335. The fourth-order valence-electron chi connectivity index (χ4n) is 1.99. The number of rotatable bonds is 6. The van der Waals surface area contributed by atoms with E-state index in [1.54, 1.807) is 18.2 Å². The lowest BCUT2D eigenvalue weighted by Gasteiger charge is -2.29.